The molecule has 4 rings (SSSR count). The molecule has 7 atom stereocenters. The zero-order chi connectivity index (χ0) is 30.4. The van der Waals surface area contributed by atoms with Crippen molar-refractivity contribution in [2.75, 3.05) is 5.32 Å². The van der Waals surface area contributed by atoms with Crippen molar-refractivity contribution in [1.29, 1.82) is 0 Å². The van der Waals surface area contributed by atoms with Crippen LogP contribution >= 0.6 is 0 Å². The number of esters is 1. The first-order valence-corrected chi connectivity index (χ1v) is 16.4. The van der Waals surface area contributed by atoms with E-state index in [1.165, 1.54) is 12.0 Å². The Hall–Kier alpha value is -2.96. The number of ether oxygens (including phenoxy) is 3. The largest absolute Gasteiger partial charge is 0.457 e. The van der Waals surface area contributed by atoms with E-state index in [4.69, 9.17) is 14.2 Å². The minimum absolute atomic E-state index is 0.0210. The average molecular weight is 590 g/mol. The van der Waals surface area contributed by atoms with Crippen LogP contribution in [0.5, 0.6) is 0 Å². The number of allylic oxidation sites excluding steroid dienone is 5. The molecule has 0 saturated carbocycles. The number of nitrogens with one attached hydrogen (secondary N) is 1. The van der Waals surface area contributed by atoms with Crippen molar-refractivity contribution in [2.45, 2.75) is 122 Å². The van der Waals surface area contributed by atoms with Crippen molar-refractivity contribution in [1.82, 2.24) is 0 Å². The van der Waals surface area contributed by atoms with Crippen LogP contribution in [0.15, 0.2) is 78.4 Å². The van der Waals surface area contributed by atoms with Gasteiger partial charge < -0.3 is 19.5 Å². The van der Waals surface area contributed by atoms with Crippen LogP contribution in [0.1, 0.15) is 91.4 Å². The van der Waals surface area contributed by atoms with Gasteiger partial charge in [-0.1, -0.05) is 74.1 Å². The van der Waals surface area contributed by atoms with Crippen molar-refractivity contribution >= 4 is 17.6 Å². The SMILES string of the molecule is CC=C1CC2CC(=O)OC(C=CC=CCCCC(=O)Nc3ccccc3)C(C)C=CC(C)CC3CCCC(CC(C1)O2)O3. The smallest absolute Gasteiger partial charge is 0.309 e. The molecule has 2 fully saturated rings. The molecule has 0 aromatic heterocycles. The lowest BCUT2D eigenvalue weighted by Crippen LogP contribution is -2.37. The van der Waals surface area contributed by atoms with E-state index >= 15 is 0 Å². The summed E-state index contributed by atoms with van der Waals surface area (Å²) in [5.74, 6) is 0.200. The number of carbonyl (C=O) groups is 2. The summed E-state index contributed by atoms with van der Waals surface area (Å²) in [4.78, 5) is 25.3. The minimum atomic E-state index is -0.374. The van der Waals surface area contributed by atoms with Crippen LogP contribution in [0.4, 0.5) is 5.69 Å². The number of para-hydroxylation sites is 1. The Morgan fingerprint density at radius 2 is 1.67 bits per heavy atom. The number of amides is 1. The van der Waals surface area contributed by atoms with Crippen LogP contribution in [0, 0.1) is 11.8 Å². The number of benzene rings is 1. The molecule has 3 heterocycles. The van der Waals surface area contributed by atoms with Crippen molar-refractivity contribution in [3.8, 4) is 0 Å². The molecule has 7 unspecified atom stereocenters. The lowest BCUT2D eigenvalue weighted by molar-refractivity contribution is -0.154. The highest BCUT2D eigenvalue weighted by molar-refractivity contribution is 5.90. The highest BCUT2D eigenvalue weighted by atomic mass is 16.5. The van der Waals surface area contributed by atoms with Crippen LogP contribution in [0.2, 0.25) is 0 Å². The molecule has 4 bridgehead atoms. The number of unbranched alkanes of at least 4 members (excludes halogenated alkanes) is 1. The number of hydrogen-bond donors (Lipinski definition) is 1. The molecule has 1 amide bonds. The van der Waals surface area contributed by atoms with Crippen LogP contribution in [0.25, 0.3) is 0 Å². The van der Waals surface area contributed by atoms with E-state index in [0.717, 1.165) is 57.1 Å². The number of anilines is 1. The molecule has 0 radical (unpaired) electrons. The van der Waals surface area contributed by atoms with Gasteiger partial charge in [0.25, 0.3) is 0 Å². The van der Waals surface area contributed by atoms with Crippen molar-refractivity contribution < 1.29 is 23.8 Å². The zero-order valence-electron chi connectivity index (χ0n) is 26.3. The second-order valence-electron chi connectivity index (χ2n) is 12.5. The number of cyclic esters (lactones) is 1. The number of hydrogen-bond acceptors (Lipinski definition) is 5. The van der Waals surface area contributed by atoms with Crippen LogP contribution in [0.3, 0.4) is 0 Å². The predicted octanol–water partition coefficient (Wildman–Crippen LogP) is 8.26. The highest BCUT2D eigenvalue weighted by Gasteiger charge is 2.32. The van der Waals surface area contributed by atoms with Crippen molar-refractivity contribution in [2.24, 2.45) is 11.8 Å². The van der Waals surface area contributed by atoms with Gasteiger partial charge in [-0.25, -0.2) is 0 Å². The van der Waals surface area contributed by atoms with Gasteiger partial charge in [-0.2, -0.15) is 0 Å². The monoisotopic (exact) mass is 589 g/mol. The third kappa shape index (κ3) is 11.6. The summed E-state index contributed by atoms with van der Waals surface area (Å²) < 4.78 is 19.1. The Kier molecular flexibility index (Phi) is 13.3. The summed E-state index contributed by atoms with van der Waals surface area (Å²) in [7, 11) is 0. The lowest BCUT2D eigenvalue weighted by Gasteiger charge is -2.37. The summed E-state index contributed by atoms with van der Waals surface area (Å²) in [5, 5.41) is 2.92. The summed E-state index contributed by atoms with van der Waals surface area (Å²) in [6.45, 7) is 6.42. The molecule has 2 saturated heterocycles. The van der Waals surface area contributed by atoms with E-state index in [0.29, 0.717) is 12.3 Å². The standard InChI is InChI=1S/C37H51NO5/c1-4-29-23-33-25-32-17-13-16-31(41-32)22-27(2)20-21-28(3)35(43-37(40)26-34(24-29)42-33)18-11-6-5-7-12-19-36(39)38-30-14-9-8-10-15-30/h4-6,8-11,14-15,18,20-21,27-28,31-35H,7,12-13,16-17,19,22-26H2,1-3H3,(H,38,39). The molecule has 234 valence electrons. The molecule has 6 heteroatoms. The van der Waals surface area contributed by atoms with E-state index in [1.54, 1.807) is 0 Å². The third-order valence-electron chi connectivity index (χ3n) is 8.67. The maximum atomic E-state index is 13.2. The Labute approximate surface area is 258 Å². The molecule has 1 N–H and O–H groups in total. The molecule has 43 heavy (non-hydrogen) atoms. The van der Waals surface area contributed by atoms with Gasteiger partial charge in [-0.05, 0) is 82.4 Å². The van der Waals surface area contributed by atoms with Crippen molar-refractivity contribution in [3.05, 3.63) is 78.4 Å². The van der Waals surface area contributed by atoms with Gasteiger partial charge in [-0.15, -0.1) is 0 Å². The van der Waals surface area contributed by atoms with Crippen LogP contribution in [-0.4, -0.2) is 42.4 Å². The Balaban J connectivity index is 1.36. The first-order chi connectivity index (χ1) is 20.9. The fraction of sp³-hybridized carbons (Fsp3) is 0.568. The topological polar surface area (TPSA) is 73.9 Å². The maximum absolute atomic E-state index is 13.2. The first-order valence-electron chi connectivity index (χ1n) is 16.4. The van der Waals surface area contributed by atoms with Gasteiger partial charge in [0.1, 0.15) is 6.10 Å². The van der Waals surface area contributed by atoms with Gasteiger partial charge in [0.05, 0.1) is 30.8 Å². The minimum Gasteiger partial charge on any atom is -0.457 e. The molecule has 6 nitrogen and oxygen atoms in total. The van der Waals surface area contributed by atoms with E-state index in [-0.39, 0.29) is 54.7 Å². The highest BCUT2D eigenvalue weighted by Crippen LogP contribution is 2.33. The first kappa shape index (κ1) is 32.9. The van der Waals surface area contributed by atoms with Gasteiger partial charge >= 0.3 is 5.97 Å². The molecule has 0 spiro atoms. The predicted molar refractivity (Wildman–Crippen MR) is 173 cm³/mol. The molecule has 1 aromatic carbocycles. The number of rotatable bonds is 7. The number of carbonyl (C=O) groups excluding carboxylic acids is 2. The van der Waals surface area contributed by atoms with Gasteiger partial charge in [0, 0.05) is 24.4 Å². The Morgan fingerprint density at radius 3 is 2.47 bits per heavy atom. The summed E-state index contributed by atoms with van der Waals surface area (Å²) >= 11 is 0. The Morgan fingerprint density at radius 1 is 0.930 bits per heavy atom. The van der Waals surface area contributed by atoms with E-state index < -0.39 is 0 Å². The molecular formula is C37H51NO5. The fourth-order valence-electron chi connectivity index (χ4n) is 6.30. The third-order valence-corrected chi connectivity index (χ3v) is 8.67. The average Bonchev–Trinajstić information content (AvgIpc) is 2.98. The molecule has 3 aliphatic rings. The second-order valence-corrected chi connectivity index (χ2v) is 12.5. The maximum Gasteiger partial charge on any atom is 0.309 e. The van der Waals surface area contributed by atoms with Crippen molar-refractivity contribution in [3.63, 3.8) is 0 Å². The summed E-state index contributed by atoms with van der Waals surface area (Å²) in [6, 6.07) is 9.52. The van der Waals surface area contributed by atoms with E-state index in [9.17, 15) is 9.59 Å². The normalized spacial score (nSPS) is 31.7. The quantitative estimate of drug-likeness (QED) is 0.150. The lowest BCUT2D eigenvalue weighted by atomic mass is 9.90. The molecular weight excluding hydrogens is 538 g/mol. The van der Waals surface area contributed by atoms with Gasteiger partial charge in [0.2, 0.25) is 5.91 Å². The summed E-state index contributed by atoms with van der Waals surface area (Å²) in [5.41, 5.74) is 2.17. The Bertz CT molecular complexity index is 1140. The zero-order valence-corrected chi connectivity index (χ0v) is 26.3. The van der Waals surface area contributed by atoms with E-state index in [1.807, 2.05) is 48.6 Å². The second kappa shape index (κ2) is 17.4. The summed E-state index contributed by atoms with van der Waals surface area (Å²) in [6.07, 6.45) is 23.9. The van der Waals surface area contributed by atoms with Crippen LogP contribution in [-0.2, 0) is 23.8 Å². The van der Waals surface area contributed by atoms with Crippen LogP contribution < -0.4 is 5.32 Å². The fourth-order valence-corrected chi connectivity index (χ4v) is 6.30. The van der Waals surface area contributed by atoms with Gasteiger partial charge in [-0.3, -0.25) is 9.59 Å². The van der Waals surface area contributed by atoms with E-state index in [2.05, 4.69) is 50.4 Å². The molecule has 3 aliphatic heterocycles. The number of fused-ring (bicyclic) bond motifs is 4. The molecule has 1 aromatic rings. The van der Waals surface area contributed by atoms with Gasteiger partial charge in [0.15, 0.2) is 0 Å². The molecule has 0 aliphatic carbocycles.